The summed E-state index contributed by atoms with van der Waals surface area (Å²) >= 11 is 1.29. The quantitative estimate of drug-likeness (QED) is 0.818. The monoisotopic (exact) mass is 255 g/mol. The van der Waals surface area contributed by atoms with E-state index in [4.69, 9.17) is 4.84 Å². The first-order valence-electron chi connectivity index (χ1n) is 5.77. The first kappa shape index (κ1) is 12.5. The van der Waals surface area contributed by atoms with Crippen molar-refractivity contribution in [2.75, 3.05) is 26.7 Å². The lowest BCUT2D eigenvalue weighted by molar-refractivity contribution is 0.0204. The Hall–Kier alpha value is -0.980. The average molecular weight is 255 g/mol. The van der Waals surface area contributed by atoms with Crippen molar-refractivity contribution in [1.29, 1.82) is 0 Å². The van der Waals surface area contributed by atoms with E-state index in [1.165, 1.54) is 17.5 Å². The van der Waals surface area contributed by atoms with Gasteiger partial charge in [-0.15, -0.1) is 11.3 Å². The van der Waals surface area contributed by atoms with Crippen LogP contribution < -0.4 is 5.48 Å². The van der Waals surface area contributed by atoms with E-state index < -0.39 is 0 Å². The molecule has 6 heteroatoms. The SMILES string of the molecule is CN1CCC(CNOC(=O)c2cncs2)CC1. The van der Waals surface area contributed by atoms with Crippen LogP contribution in [-0.4, -0.2) is 42.5 Å². The first-order valence-corrected chi connectivity index (χ1v) is 6.64. The number of aromatic nitrogens is 1. The van der Waals surface area contributed by atoms with Gasteiger partial charge < -0.3 is 9.74 Å². The van der Waals surface area contributed by atoms with Gasteiger partial charge in [0, 0.05) is 6.54 Å². The van der Waals surface area contributed by atoms with Crippen LogP contribution in [0.4, 0.5) is 0 Å². The summed E-state index contributed by atoms with van der Waals surface area (Å²) in [5, 5.41) is 0. The zero-order chi connectivity index (χ0) is 12.1. The molecule has 17 heavy (non-hydrogen) atoms. The van der Waals surface area contributed by atoms with Gasteiger partial charge in [0.1, 0.15) is 4.88 Å². The molecule has 0 atom stereocenters. The number of piperidine rings is 1. The Morgan fingerprint density at radius 1 is 1.65 bits per heavy atom. The number of nitrogens with one attached hydrogen (secondary N) is 1. The van der Waals surface area contributed by atoms with E-state index in [2.05, 4.69) is 22.4 Å². The fraction of sp³-hybridized carbons (Fsp3) is 0.636. The molecule has 1 aromatic heterocycles. The van der Waals surface area contributed by atoms with Gasteiger partial charge >= 0.3 is 5.97 Å². The molecule has 0 bridgehead atoms. The summed E-state index contributed by atoms with van der Waals surface area (Å²) in [5.74, 6) is 0.251. The predicted octanol–water partition coefficient (Wildman–Crippen LogP) is 1.15. The molecule has 0 aliphatic carbocycles. The van der Waals surface area contributed by atoms with Gasteiger partial charge in [-0.2, -0.15) is 5.48 Å². The smallest absolute Gasteiger partial charge is 0.366 e. The van der Waals surface area contributed by atoms with Gasteiger partial charge in [-0.25, -0.2) is 4.79 Å². The Bertz CT molecular complexity index is 348. The highest BCUT2D eigenvalue weighted by Gasteiger charge is 2.17. The Labute approximate surface area is 105 Å². The van der Waals surface area contributed by atoms with Gasteiger partial charge in [0.2, 0.25) is 0 Å². The van der Waals surface area contributed by atoms with Crippen LogP contribution in [0.3, 0.4) is 0 Å². The molecular formula is C11H17N3O2S. The Morgan fingerprint density at radius 2 is 2.41 bits per heavy atom. The molecule has 1 saturated heterocycles. The van der Waals surface area contributed by atoms with Gasteiger partial charge in [0.05, 0.1) is 11.7 Å². The second-order valence-corrected chi connectivity index (χ2v) is 5.24. The lowest BCUT2D eigenvalue weighted by atomic mass is 9.98. The number of thiazole rings is 1. The van der Waals surface area contributed by atoms with Gasteiger partial charge in [-0.1, -0.05) is 0 Å². The minimum Gasteiger partial charge on any atom is -0.366 e. The normalized spacial score (nSPS) is 18.2. The average Bonchev–Trinajstić information content (AvgIpc) is 2.85. The van der Waals surface area contributed by atoms with E-state index >= 15 is 0 Å². The molecule has 1 aliphatic heterocycles. The molecule has 5 nitrogen and oxygen atoms in total. The maximum atomic E-state index is 11.5. The number of nitrogens with zero attached hydrogens (tertiary/aromatic N) is 2. The number of rotatable bonds is 4. The maximum absolute atomic E-state index is 11.5. The van der Waals surface area contributed by atoms with Crippen LogP contribution in [-0.2, 0) is 4.84 Å². The Balaban J connectivity index is 1.64. The number of hydrogen-bond acceptors (Lipinski definition) is 6. The topological polar surface area (TPSA) is 54.5 Å². The lowest BCUT2D eigenvalue weighted by Gasteiger charge is -2.28. The van der Waals surface area contributed by atoms with E-state index in [1.54, 1.807) is 5.51 Å². The van der Waals surface area contributed by atoms with Crippen LogP contribution in [0.25, 0.3) is 0 Å². The summed E-state index contributed by atoms with van der Waals surface area (Å²) in [6.45, 7) is 2.97. The van der Waals surface area contributed by atoms with Crippen molar-refractivity contribution < 1.29 is 9.63 Å². The summed E-state index contributed by atoms with van der Waals surface area (Å²) in [6, 6.07) is 0. The van der Waals surface area contributed by atoms with E-state index in [1.807, 2.05) is 0 Å². The predicted molar refractivity (Wildman–Crippen MR) is 65.8 cm³/mol. The third-order valence-corrected chi connectivity index (χ3v) is 3.76. The first-order chi connectivity index (χ1) is 8.25. The number of carbonyl (C=O) groups is 1. The van der Waals surface area contributed by atoms with Crippen LogP contribution in [0.1, 0.15) is 22.5 Å². The minimum absolute atomic E-state index is 0.347. The molecule has 2 heterocycles. The summed E-state index contributed by atoms with van der Waals surface area (Å²) in [6.07, 6.45) is 3.83. The van der Waals surface area contributed by atoms with Gasteiger partial charge in [-0.3, -0.25) is 4.98 Å². The molecule has 1 aromatic rings. The Kier molecular flexibility index (Phi) is 4.47. The highest BCUT2D eigenvalue weighted by molar-refractivity contribution is 7.11. The molecule has 1 aliphatic rings. The molecule has 0 amide bonds. The molecule has 0 saturated carbocycles. The summed E-state index contributed by atoms with van der Waals surface area (Å²) in [7, 11) is 2.13. The maximum Gasteiger partial charge on any atom is 0.368 e. The highest BCUT2D eigenvalue weighted by Crippen LogP contribution is 2.14. The van der Waals surface area contributed by atoms with Crippen LogP contribution in [0.15, 0.2) is 11.7 Å². The van der Waals surface area contributed by atoms with E-state index in [9.17, 15) is 4.79 Å². The van der Waals surface area contributed by atoms with Gasteiger partial charge in [0.15, 0.2) is 0 Å². The van der Waals surface area contributed by atoms with Crippen molar-refractivity contribution in [3.8, 4) is 0 Å². The summed E-state index contributed by atoms with van der Waals surface area (Å²) in [5.41, 5.74) is 4.39. The fourth-order valence-electron chi connectivity index (χ4n) is 1.86. The van der Waals surface area contributed by atoms with Crippen molar-refractivity contribution in [2.24, 2.45) is 5.92 Å². The third-order valence-electron chi connectivity index (χ3n) is 3.01. The van der Waals surface area contributed by atoms with Crippen LogP contribution in [0.2, 0.25) is 0 Å². The van der Waals surface area contributed by atoms with Crippen molar-refractivity contribution in [3.63, 3.8) is 0 Å². The number of hydrogen-bond donors (Lipinski definition) is 1. The molecular weight excluding hydrogens is 238 g/mol. The summed E-state index contributed by atoms with van der Waals surface area (Å²) < 4.78 is 0. The van der Waals surface area contributed by atoms with Crippen molar-refractivity contribution in [3.05, 3.63) is 16.6 Å². The van der Waals surface area contributed by atoms with E-state index in [0.717, 1.165) is 32.5 Å². The molecule has 0 spiro atoms. The zero-order valence-electron chi connectivity index (χ0n) is 9.89. The molecule has 1 N–H and O–H groups in total. The van der Waals surface area contributed by atoms with Crippen molar-refractivity contribution in [1.82, 2.24) is 15.4 Å². The van der Waals surface area contributed by atoms with Crippen LogP contribution in [0.5, 0.6) is 0 Å². The van der Waals surface area contributed by atoms with Crippen LogP contribution in [0, 0.1) is 5.92 Å². The number of carbonyl (C=O) groups excluding carboxylic acids is 1. The van der Waals surface area contributed by atoms with Gasteiger partial charge in [0.25, 0.3) is 0 Å². The highest BCUT2D eigenvalue weighted by atomic mass is 32.1. The number of hydroxylamine groups is 1. The van der Waals surface area contributed by atoms with Gasteiger partial charge in [-0.05, 0) is 38.9 Å². The molecule has 0 radical (unpaired) electrons. The van der Waals surface area contributed by atoms with Crippen molar-refractivity contribution in [2.45, 2.75) is 12.8 Å². The summed E-state index contributed by atoms with van der Waals surface area (Å²) in [4.78, 5) is 23.1. The Morgan fingerprint density at radius 3 is 3.06 bits per heavy atom. The molecule has 0 unspecified atom stereocenters. The molecule has 1 fully saturated rings. The molecule has 2 rings (SSSR count). The van der Waals surface area contributed by atoms with E-state index in [0.29, 0.717) is 10.8 Å². The van der Waals surface area contributed by atoms with E-state index in [-0.39, 0.29) is 5.97 Å². The fourth-order valence-corrected chi connectivity index (χ4v) is 2.35. The second-order valence-electron chi connectivity index (χ2n) is 4.35. The van der Waals surface area contributed by atoms with Crippen LogP contribution >= 0.6 is 11.3 Å². The standard InChI is InChI=1S/C11H17N3O2S/c1-14-4-2-9(3-5-14)6-13-16-11(15)10-7-12-8-17-10/h7-9,13H,2-6H2,1H3. The number of likely N-dealkylation sites (tertiary alicyclic amines) is 1. The molecule has 94 valence electrons. The third kappa shape index (κ3) is 3.76. The lowest BCUT2D eigenvalue weighted by Crippen LogP contribution is -2.35. The minimum atomic E-state index is -0.347. The zero-order valence-corrected chi connectivity index (χ0v) is 10.7. The second kappa shape index (κ2) is 6.09. The molecule has 0 aromatic carbocycles. The van der Waals surface area contributed by atoms with Crippen molar-refractivity contribution >= 4 is 17.3 Å². The largest absolute Gasteiger partial charge is 0.368 e.